The van der Waals surface area contributed by atoms with Crippen LogP contribution >= 0.6 is 34.5 Å². The SMILES string of the molecule is O=C(O)c1nn(-c2ccc(Cl)cc2Cl)c2c1COC/C2=C\c1cccs1. The third-order valence-electron chi connectivity index (χ3n) is 3.99. The van der Waals surface area contributed by atoms with E-state index in [0.29, 0.717) is 33.6 Å². The first-order valence-corrected chi connectivity index (χ1v) is 9.31. The fraction of sp³-hybridized carbons (Fsp3) is 0.111. The van der Waals surface area contributed by atoms with Crippen molar-refractivity contribution in [2.45, 2.75) is 6.61 Å². The van der Waals surface area contributed by atoms with Gasteiger partial charge in [-0.2, -0.15) is 5.10 Å². The molecule has 0 aliphatic carbocycles. The monoisotopic (exact) mass is 406 g/mol. The van der Waals surface area contributed by atoms with Crippen LogP contribution in [0.15, 0.2) is 35.7 Å². The zero-order valence-corrected chi connectivity index (χ0v) is 15.6. The number of thiophene rings is 1. The summed E-state index contributed by atoms with van der Waals surface area (Å²) in [7, 11) is 0. The molecule has 0 unspecified atom stereocenters. The number of ether oxygens (including phenoxy) is 1. The van der Waals surface area contributed by atoms with Gasteiger partial charge in [0.1, 0.15) is 0 Å². The van der Waals surface area contributed by atoms with Crippen molar-refractivity contribution in [1.82, 2.24) is 9.78 Å². The first-order chi connectivity index (χ1) is 12.5. The van der Waals surface area contributed by atoms with Gasteiger partial charge < -0.3 is 9.84 Å². The molecular weight excluding hydrogens is 395 g/mol. The van der Waals surface area contributed by atoms with E-state index in [0.717, 1.165) is 10.5 Å². The minimum atomic E-state index is -1.11. The molecule has 5 nitrogen and oxygen atoms in total. The van der Waals surface area contributed by atoms with Gasteiger partial charge in [0.15, 0.2) is 5.69 Å². The first kappa shape index (κ1) is 17.3. The number of nitrogens with zero attached hydrogens (tertiary/aromatic N) is 2. The molecule has 132 valence electrons. The number of carboxylic acids is 1. The molecule has 0 fully saturated rings. The second-order valence-electron chi connectivity index (χ2n) is 5.67. The first-order valence-electron chi connectivity index (χ1n) is 7.67. The summed E-state index contributed by atoms with van der Waals surface area (Å²) in [6, 6.07) is 8.97. The highest BCUT2D eigenvalue weighted by molar-refractivity contribution is 7.10. The fourth-order valence-corrected chi connectivity index (χ4v) is 4.07. The lowest BCUT2D eigenvalue weighted by Crippen LogP contribution is -2.13. The Morgan fingerprint density at radius 2 is 2.15 bits per heavy atom. The van der Waals surface area contributed by atoms with Crippen molar-refractivity contribution in [3.05, 3.63) is 67.6 Å². The Kier molecular flexibility index (Phi) is 4.58. The van der Waals surface area contributed by atoms with E-state index in [-0.39, 0.29) is 12.3 Å². The number of aromatic carboxylic acids is 1. The summed E-state index contributed by atoms with van der Waals surface area (Å²) in [5.74, 6) is -1.11. The molecule has 3 aromatic rings. The maximum absolute atomic E-state index is 11.7. The van der Waals surface area contributed by atoms with E-state index in [9.17, 15) is 9.90 Å². The molecule has 3 heterocycles. The van der Waals surface area contributed by atoms with Crippen LogP contribution in [0, 0.1) is 0 Å². The van der Waals surface area contributed by atoms with Crippen LogP contribution in [0.25, 0.3) is 17.3 Å². The van der Waals surface area contributed by atoms with Crippen molar-refractivity contribution in [2.24, 2.45) is 0 Å². The van der Waals surface area contributed by atoms with Gasteiger partial charge in [0.25, 0.3) is 0 Å². The lowest BCUT2D eigenvalue weighted by molar-refractivity contribution is 0.0683. The summed E-state index contributed by atoms with van der Waals surface area (Å²) in [5.41, 5.74) is 2.62. The minimum Gasteiger partial charge on any atom is -0.476 e. The van der Waals surface area contributed by atoms with Gasteiger partial charge in [0, 0.05) is 21.0 Å². The highest BCUT2D eigenvalue weighted by Crippen LogP contribution is 2.35. The van der Waals surface area contributed by atoms with E-state index in [1.54, 1.807) is 34.2 Å². The smallest absolute Gasteiger partial charge is 0.356 e. The summed E-state index contributed by atoms with van der Waals surface area (Å²) < 4.78 is 7.18. The topological polar surface area (TPSA) is 64.3 Å². The average Bonchev–Trinajstić information content (AvgIpc) is 3.23. The van der Waals surface area contributed by atoms with Gasteiger partial charge in [-0.05, 0) is 35.7 Å². The van der Waals surface area contributed by atoms with E-state index >= 15 is 0 Å². The second kappa shape index (κ2) is 6.89. The number of fused-ring (bicyclic) bond motifs is 1. The zero-order chi connectivity index (χ0) is 18.3. The molecule has 0 bridgehead atoms. The van der Waals surface area contributed by atoms with E-state index in [2.05, 4.69) is 5.10 Å². The van der Waals surface area contributed by atoms with Crippen LogP contribution in [0.1, 0.15) is 26.6 Å². The number of benzene rings is 1. The molecule has 1 aliphatic heterocycles. The third kappa shape index (κ3) is 3.05. The standard InChI is InChI=1S/C18H12Cl2N2O3S/c19-11-3-4-15(14(20)7-11)22-17-10(6-12-2-1-5-26-12)8-25-9-13(17)16(21-22)18(23)24/h1-7H,8-9H2,(H,23,24)/b10-6+. The predicted molar refractivity (Wildman–Crippen MR) is 102 cm³/mol. The minimum absolute atomic E-state index is 0.0391. The van der Waals surface area contributed by atoms with Crippen LogP contribution < -0.4 is 0 Å². The zero-order valence-electron chi connectivity index (χ0n) is 13.3. The molecule has 26 heavy (non-hydrogen) atoms. The van der Waals surface area contributed by atoms with Crippen LogP contribution in [0.4, 0.5) is 0 Å². The summed E-state index contributed by atoms with van der Waals surface area (Å²) in [4.78, 5) is 12.7. The molecule has 0 atom stereocenters. The molecule has 0 spiro atoms. The molecule has 0 radical (unpaired) electrons. The van der Waals surface area contributed by atoms with Crippen LogP contribution in [-0.2, 0) is 11.3 Å². The van der Waals surface area contributed by atoms with Crippen LogP contribution in [0.5, 0.6) is 0 Å². The number of carboxylic acid groups (broad SMARTS) is 1. The lowest BCUT2D eigenvalue weighted by Gasteiger charge is -2.19. The molecule has 2 aromatic heterocycles. The molecule has 1 aliphatic rings. The number of aromatic nitrogens is 2. The molecule has 0 saturated carbocycles. The quantitative estimate of drug-likeness (QED) is 0.663. The Morgan fingerprint density at radius 1 is 1.31 bits per heavy atom. The Balaban J connectivity index is 1.97. The summed E-state index contributed by atoms with van der Waals surface area (Å²) >= 11 is 13.9. The van der Waals surface area contributed by atoms with Gasteiger partial charge in [0.05, 0.1) is 29.6 Å². The second-order valence-corrected chi connectivity index (χ2v) is 7.49. The Bertz CT molecular complexity index is 1030. The lowest BCUT2D eigenvalue weighted by atomic mass is 10.0. The van der Waals surface area contributed by atoms with Crippen molar-refractivity contribution in [1.29, 1.82) is 0 Å². The molecule has 1 aromatic carbocycles. The van der Waals surface area contributed by atoms with Crippen molar-refractivity contribution in [3.8, 4) is 5.69 Å². The van der Waals surface area contributed by atoms with Crippen molar-refractivity contribution in [2.75, 3.05) is 6.61 Å². The molecular formula is C18H12Cl2N2O3S. The van der Waals surface area contributed by atoms with Gasteiger partial charge in [0.2, 0.25) is 0 Å². The van der Waals surface area contributed by atoms with Crippen LogP contribution in [0.3, 0.4) is 0 Å². The third-order valence-corrected chi connectivity index (χ3v) is 5.35. The number of hydrogen-bond donors (Lipinski definition) is 1. The molecule has 0 saturated heterocycles. The predicted octanol–water partition coefficient (Wildman–Crippen LogP) is 5.01. The van der Waals surface area contributed by atoms with Gasteiger partial charge in [-0.15, -0.1) is 11.3 Å². The van der Waals surface area contributed by atoms with Crippen molar-refractivity contribution >= 4 is 52.2 Å². The van der Waals surface area contributed by atoms with Gasteiger partial charge in [-0.3, -0.25) is 0 Å². The number of halogens is 2. The van der Waals surface area contributed by atoms with Gasteiger partial charge in [-0.25, -0.2) is 9.48 Å². The Morgan fingerprint density at radius 3 is 2.85 bits per heavy atom. The largest absolute Gasteiger partial charge is 0.476 e. The molecule has 8 heteroatoms. The fourth-order valence-electron chi connectivity index (χ4n) is 2.90. The average molecular weight is 407 g/mol. The Hall–Kier alpha value is -2.12. The maximum atomic E-state index is 11.7. The van der Waals surface area contributed by atoms with E-state index in [4.69, 9.17) is 27.9 Å². The summed E-state index contributed by atoms with van der Waals surface area (Å²) in [6.07, 6.45) is 1.98. The normalized spacial score (nSPS) is 15.2. The molecule has 4 rings (SSSR count). The van der Waals surface area contributed by atoms with Gasteiger partial charge in [-0.1, -0.05) is 29.3 Å². The number of rotatable bonds is 3. The van der Waals surface area contributed by atoms with E-state index < -0.39 is 5.97 Å². The number of hydrogen-bond acceptors (Lipinski definition) is 4. The van der Waals surface area contributed by atoms with Crippen LogP contribution in [0.2, 0.25) is 10.0 Å². The summed E-state index contributed by atoms with van der Waals surface area (Å²) in [6.45, 7) is 0.546. The van der Waals surface area contributed by atoms with Crippen molar-refractivity contribution in [3.63, 3.8) is 0 Å². The summed E-state index contributed by atoms with van der Waals surface area (Å²) in [5, 5.41) is 16.7. The van der Waals surface area contributed by atoms with E-state index in [1.807, 2.05) is 23.6 Å². The highest BCUT2D eigenvalue weighted by atomic mass is 35.5. The molecule has 1 N–H and O–H groups in total. The maximum Gasteiger partial charge on any atom is 0.356 e. The van der Waals surface area contributed by atoms with Crippen LogP contribution in [-0.4, -0.2) is 27.5 Å². The Labute approximate surface area is 163 Å². The van der Waals surface area contributed by atoms with Gasteiger partial charge >= 0.3 is 5.97 Å². The number of carbonyl (C=O) groups is 1. The van der Waals surface area contributed by atoms with E-state index in [1.165, 1.54) is 0 Å². The highest BCUT2D eigenvalue weighted by Gasteiger charge is 2.29. The van der Waals surface area contributed by atoms with Crippen molar-refractivity contribution < 1.29 is 14.6 Å². The molecule has 0 amide bonds.